The van der Waals surface area contributed by atoms with Gasteiger partial charge in [0.2, 0.25) is 0 Å². The van der Waals surface area contributed by atoms with Crippen LogP contribution in [-0.2, 0) is 4.74 Å². The average molecular weight is 153 g/mol. The predicted molar refractivity (Wildman–Crippen MR) is 46.3 cm³/mol. The maximum Gasteiger partial charge on any atom is 0.112 e. The Morgan fingerprint density at radius 3 is 2.82 bits per heavy atom. The molecule has 0 aromatic heterocycles. The van der Waals surface area contributed by atoms with Crippen molar-refractivity contribution in [2.45, 2.75) is 18.4 Å². The van der Waals surface area contributed by atoms with Crippen LogP contribution in [0, 0.1) is 0 Å². The summed E-state index contributed by atoms with van der Waals surface area (Å²) in [5, 5.41) is 3.33. The van der Waals surface area contributed by atoms with Gasteiger partial charge >= 0.3 is 0 Å². The number of methoxy groups -OCH3 is 1. The van der Waals surface area contributed by atoms with Crippen LogP contribution in [0.25, 0.3) is 0 Å². The molecule has 2 heteroatoms. The molecule has 1 aliphatic heterocycles. The first-order chi connectivity index (χ1) is 5.25. The zero-order chi connectivity index (χ0) is 8.32. The van der Waals surface area contributed by atoms with Crippen molar-refractivity contribution in [3.05, 3.63) is 25.0 Å². The van der Waals surface area contributed by atoms with Crippen LogP contribution in [-0.4, -0.2) is 19.2 Å². The van der Waals surface area contributed by atoms with Crippen molar-refractivity contribution >= 4 is 0 Å². The number of rotatable bonds is 3. The van der Waals surface area contributed by atoms with E-state index in [9.17, 15) is 0 Å². The lowest BCUT2D eigenvalue weighted by atomic mass is 9.96. The third-order valence-corrected chi connectivity index (χ3v) is 2.28. The molecule has 11 heavy (non-hydrogen) atoms. The molecule has 0 aliphatic carbocycles. The Labute approximate surface area is 67.9 Å². The van der Waals surface area contributed by atoms with Gasteiger partial charge in [-0.05, 0) is 19.4 Å². The summed E-state index contributed by atoms with van der Waals surface area (Å²) in [4.78, 5) is 0. The quantitative estimate of drug-likeness (QED) is 0.489. The molecule has 1 rings (SSSR count). The van der Waals surface area contributed by atoms with E-state index in [4.69, 9.17) is 4.74 Å². The zero-order valence-corrected chi connectivity index (χ0v) is 7.02. The second-order valence-corrected chi connectivity index (χ2v) is 2.83. The molecule has 1 saturated heterocycles. The summed E-state index contributed by atoms with van der Waals surface area (Å²) in [6, 6.07) is 0. The maximum absolute atomic E-state index is 5.10. The maximum atomic E-state index is 5.10. The lowest BCUT2D eigenvalue weighted by molar-refractivity contribution is 0.233. The van der Waals surface area contributed by atoms with E-state index in [0.717, 1.165) is 25.1 Å². The molecule has 1 fully saturated rings. The third kappa shape index (κ3) is 1.31. The van der Waals surface area contributed by atoms with Gasteiger partial charge in [0.15, 0.2) is 0 Å². The van der Waals surface area contributed by atoms with Crippen LogP contribution in [0.5, 0.6) is 0 Å². The van der Waals surface area contributed by atoms with Gasteiger partial charge in [0.25, 0.3) is 0 Å². The molecule has 1 atom stereocenters. The van der Waals surface area contributed by atoms with Crippen LogP contribution in [0.3, 0.4) is 0 Å². The zero-order valence-electron chi connectivity index (χ0n) is 7.02. The Morgan fingerprint density at radius 1 is 1.73 bits per heavy atom. The molecule has 1 N–H and O–H groups in total. The minimum absolute atomic E-state index is 0.158. The van der Waals surface area contributed by atoms with Crippen molar-refractivity contribution in [2.75, 3.05) is 13.7 Å². The standard InChI is InChI=1S/C9H15NO/c1-4-9(8(2)11-3)6-5-7-10-9/h4,10H,1-2,5-7H2,3H3/t9-/m1/s1. The first kappa shape index (κ1) is 8.34. The Bertz CT molecular complexity index is 168. The minimum Gasteiger partial charge on any atom is -0.499 e. The molecule has 2 nitrogen and oxygen atoms in total. The smallest absolute Gasteiger partial charge is 0.112 e. The highest BCUT2D eigenvalue weighted by Gasteiger charge is 2.33. The lowest BCUT2D eigenvalue weighted by Gasteiger charge is -2.26. The van der Waals surface area contributed by atoms with Gasteiger partial charge in [0.1, 0.15) is 5.76 Å². The molecule has 1 heterocycles. The molecule has 0 aromatic rings. The van der Waals surface area contributed by atoms with Gasteiger partial charge in [0, 0.05) is 0 Å². The van der Waals surface area contributed by atoms with Gasteiger partial charge in [0.05, 0.1) is 12.6 Å². The Morgan fingerprint density at radius 2 is 2.45 bits per heavy atom. The summed E-state index contributed by atoms with van der Waals surface area (Å²) >= 11 is 0. The van der Waals surface area contributed by atoms with E-state index in [1.807, 2.05) is 6.08 Å². The largest absolute Gasteiger partial charge is 0.499 e. The van der Waals surface area contributed by atoms with Crippen LogP contribution in [0.2, 0.25) is 0 Å². The van der Waals surface area contributed by atoms with Gasteiger partial charge in [-0.2, -0.15) is 0 Å². The third-order valence-electron chi connectivity index (χ3n) is 2.28. The van der Waals surface area contributed by atoms with Gasteiger partial charge in [-0.1, -0.05) is 12.7 Å². The van der Waals surface area contributed by atoms with Crippen molar-refractivity contribution in [3.8, 4) is 0 Å². The molecule has 0 aromatic carbocycles. The van der Waals surface area contributed by atoms with E-state index in [1.165, 1.54) is 0 Å². The fourth-order valence-electron chi connectivity index (χ4n) is 1.48. The molecule has 0 saturated carbocycles. The Hall–Kier alpha value is -0.760. The first-order valence-electron chi connectivity index (χ1n) is 3.87. The average Bonchev–Trinajstić information content (AvgIpc) is 2.52. The van der Waals surface area contributed by atoms with Crippen molar-refractivity contribution < 1.29 is 4.74 Å². The molecule has 0 amide bonds. The Balaban J connectivity index is 2.74. The monoisotopic (exact) mass is 153 g/mol. The fraction of sp³-hybridized carbons (Fsp3) is 0.556. The summed E-state index contributed by atoms with van der Waals surface area (Å²) < 4.78 is 5.10. The van der Waals surface area contributed by atoms with Crippen LogP contribution in [0.1, 0.15) is 12.8 Å². The van der Waals surface area contributed by atoms with Gasteiger partial charge in [-0.3, -0.25) is 0 Å². The van der Waals surface area contributed by atoms with Crippen molar-refractivity contribution in [3.63, 3.8) is 0 Å². The van der Waals surface area contributed by atoms with E-state index in [1.54, 1.807) is 7.11 Å². The van der Waals surface area contributed by atoms with Gasteiger partial charge in [-0.15, -0.1) is 6.58 Å². The molecule has 0 bridgehead atoms. The van der Waals surface area contributed by atoms with Crippen molar-refractivity contribution in [2.24, 2.45) is 0 Å². The van der Waals surface area contributed by atoms with E-state index in [-0.39, 0.29) is 5.54 Å². The van der Waals surface area contributed by atoms with Crippen LogP contribution >= 0.6 is 0 Å². The molecule has 0 unspecified atom stereocenters. The van der Waals surface area contributed by atoms with Crippen molar-refractivity contribution in [1.82, 2.24) is 5.32 Å². The molecular weight excluding hydrogens is 138 g/mol. The SMILES string of the molecule is C=C[C@]1(C(=C)OC)CCCN1. The number of hydrogen-bond acceptors (Lipinski definition) is 2. The number of hydrogen-bond donors (Lipinski definition) is 1. The summed E-state index contributed by atoms with van der Waals surface area (Å²) in [6.07, 6.45) is 4.09. The number of ether oxygens (including phenoxy) is 1. The molecule has 0 radical (unpaired) electrons. The highest BCUT2D eigenvalue weighted by molar-refractivity contribution is 5.22. The van der Waals surface area contributed by atoms with E-state index >= 15 is 0 Å². The topological polar surface area (TPSA) is 21.3 Å². The number of nitrogens with one attached hydrogen (secondary N) is 1. The van der Waals surface area contributed by atoms with Crippen LogP contribution < -0.4 is 5.32 Å². The van der Waals surface area contributed by atoms with E-state index < -0.39 is 0 Å². The van der Waals surface area contributed by atoms with Gasteiger partial charge in [-0.25, -0.2) is 0 Å². The highest BCUT2D eigenvalue weighted by Crippen LogP contribution is 2.27. The van der Waals surface area contributed by atoms with Gasteiger partial charge < -0.3 is 10.1 Å². The molecule has 0 spiro atoms. The lowest BCUT2D eigenvalue weighted by Crippen LogP contribution is -2.39. The van der Waals surface area contributed by atoms with Crippen molar-refractivity contribution in [1.29, 1.82) is 0 Å². The second-order valence-electron chi connectivity index (χ2n) is 2.83. The fourth-order valence-corrected chi connectivity index (χ4v) is 1.48. The predicted octanol–water partition coefficient (Wildman–Crippen LogP) is 1.45. The summed E-state index contributed by atoms with van der Waals surface area (Å²) in [7, 11) is 1.65. The highest BCUT2D eigenvalue weighted by atomic mass is 16.5. The molecular formula is C9H15NO. The van der Waals surface area contributed by atoms with E-state index in [0.29, 0.717) is 0 Å². The van der Waals surface area contributed by atoms with Crippen LogP contribution in [0.4, 0.5) is 0 Å². The normalized spacial score (nSPS) is 29.9. The van der Waals surface area contributed by atoms with E-state index in [2.05, 4.69) is 18.5 Å². The minimum atomic E-state index is -0.158. The molecule has 62 valence electrons. The first-order valence-corrected chi connectivity index (χ1v) is 3.87. The van der Waals surface area contributed by atoms with Crippen LogP contribution in [0.15, 0.2) is 25.0 Å². The summed E-state index contributed by atoms with van der Waals surface area (Å²) in [6.45, 7) is 8.64. The second kappa shape index (κ2) is 3.09. The molecule has 1 aliphatic rings. The summed E-state index contributed by atoms with van der Waals surface area (Å²) in [5.41, 5.74) is -0.158. The summed E-state index contributed by atoms with van der Waals surface area (Å²) in [5.74, 6) is 0.769. The Kier molecular flexibility index (Phi) is 2.35.